The van der Waals surface area contributed by atoms with Crippen LogP contribution >= 0.6 is 0 Å². The maximum Gasteiger partial charge on any atom is 0.0886 e. The third-order valence-corrected chi connectivity index (χ3v) is 4.93. The van der Waals surface area contributed by atoms with Gasteiger partial charge in [0.25, 0.3) is 0 Å². The van der Waals surface area contributed by atoms with Gasteiger partial charge < -0.3 is 0 Å². The van der Waals surface area contributed by atoms with Crippen LogP contribution in [0.5, 0.6) is 0 Å². The Bertz CT molecular complexity index is 1130. The predicted molar refractivity (Wildman–Crippen MR) is 119 cm³/mol. The molecule has 0 atom stereocenters. The molecule has 0 bridgehead atoms. The van der Waals surface area contributed by atoms with Gasteiger partial charge in [0.05, 0.1) is 22.8 Å². The first-order chi connectivity index (χ1) is 14.9. The number of nitrogens with zero attached hydrogens (tertiary/aromatic N) is 4. The smallest absolute Gasteiger partial charge is 0.0886 e. The van der Waals surface area contributed by atoms with E-state index in [0.717, 1.165) is 45.0 Å². The van der Waals surface area contributed by atoms with Crippen molar-refractivity contribution in [1.29, 1.82) is 0 Å². The summed E-state index contributed by atoms with van der Waals surface area (Å²) < 4.78 is 0. The van der Waals surface area contributed by atoms with Crippen LogP contribution in [0, 0.1) is 0 Å². The maximum absolute atomic E-state index is 4.57. The van der Waals surface area contributed by atoms with Crippen LogP contribution in [0.15, 0.2) is 110 Å². The van der Waals surface area contributed by atoms with E-state index in [1.54, 1.807) is 12.4 Å². The molecular weight excluding hydrogens is 368 g/mol. The van der Waals surface area contributed by atoms with Crippen molar-refractivity contribution < 1.29 is 0 Å². The fourth-order valence-corrected chi connectivity index (χ4v) is 3.32. The van der Waals surface area contributed by atoms with Crippen molar-refractivity contribution in [3.05, 3.63) is 110 Å². The van der Waals surface area contributed by atoms with Crippen LogP contribution in [0.2, 0.25) is 0 Å². The molecule has 0 N–H and O–H groups in total. The van der Waals surface area contributed by atoms with Gasteiger partial charge in [-0.2, -0.15) is 0 Å². The number of hydrogen-bond acceptors (Lipinski definition) is 4. The van der Waals surface area contributed by atoms with Gasteiger partial charge in [0.1, 0.15) is 0 Å². The standard InChI is InChI=1S/C26H18N4/c1-3-15-27-23(5-1)25-13-11-21(17-29-25)19-7-9-20(10-8-19)22-12-14-26(30-18-22)24-6-2-4-16-28-24/h1-18H. The van der Waals surface area contributed by atoms with Gasteiger partial charge in [-0.1, -0.05) is 48.5 Å². The highest BCUT2D eigenvalue weighted by Gasteiger charge is 2.05. The van der Waals surface area contributed by atoms with Crippen LogP contribution < -0.4 is 0 Å². The molecule has 0 aliphatic heterocycles. The normalized spacial score (nSPS) is 10.7. The Morgan fingerprint density at radius 3 is 1.07 bits per heavy atom. The lowest BCUT2D eigenvalue weighted by Gasteiger charge is -2.07. The van der Waals surface area contributed by atoms with Crippen LogP contribution in [-0.4, -0.2) is 19.9 Å². The van der Waals surface area contributed by atoms with Crippen LogP contribution in [0.3, 0.4) is 0 Å². The van der Waals surface area contributed by atoms with Crippen molar-refractivity contribution in [3.8, 4) is 45.0 Å². The van der Waals surface area contributed by atoms with Gasteiger partial charge in [-0.25, -0.2) is 0 Å². The van der Waals surface area contributed by atoms with Gasteiger partial charge >= 0.3 is 0 Å². The van der Waals surface area contributed by atoms with E-state index >= 15 is 0 Å². The topological polar surface area (TPSA) is 51.6 Å². The van der Waals surface area contributed by atoms with E-state index in [1.165, 1.54) is 0 Å². The summed E-state index contributed by atoms with van der Waals surface area (Å²) in [5.74, 6) is 0. The minimum absolute atomic E-state index is 0.870. The van der Waals surface area contributed by atoms with Gasteiger partial charge in [-0.3, -0.25) is 19.9 Å². The molecule has 0 spiro atoms. The Balaban J connectivity index is 1.35. The van der Waals surface area contributed by atoms with Crippen LogP contribution in [0.25, 0.3) is 45.0 Å². The van der Waals surface area contributed by atoms with Crippen LogP contribution in [0.1, 0.15) is 0 Å². The Morgan fingerprint density at radius 2 is 0.733 bits per heavy atom. The minimum atomic E-state index is 0.870. The van der Waals surface area contributed by atoms with E-state index in [-0.39, 0.29) is 0 Å². The van der Waals surface area contributed by atoms with Crippen molar-refractivity contribution in [1.82, 2.24) is 19.9 Å². The molecule has 0 saturated heterocycles. The second-order valence-corrected chi connectivity index (χ2v) is 6.87. The lowest BCUT2D eigenvalue weighted by molar-refractivity contribution is 1.25. The van der Waals surface area contributed by atoms with Gasteiger partial charge in [-0.05, 0) is 47.5 Å². The number of benzene rings is 1. The van der Waals surface area contributed by atoms with E-state index in [4.69, 9.17) is 0 Å². The van der Waals surface area contributed by atoms with Crippen molar-refractivity contribution in [2.75, 3.05) is 0 Å². The van der Waals surface area contributed by atoms with E-state index < -0.39 is 0 Å². The minimum Gasteiger partial charge on any atom is -0.255 e. The summed E-state index contributed by atoms with van der Waals surface area (Å²) in [7, 11) is 0. The molecule has 0 aliphatic rings. The molecule has 5 aromatic rings. The Morgan fingerprint density at radius 1 is 0.333 bits per heavy atom. The SMILES string of the molecule is c1ccc(-c2ccc(-c3ccc(-c4ccc(-c5ccccn5)nc4)cc3)cn2)nc1. The summed E-state index contributed by atoms with van der Waals surface area (Å²) >= 11 is 0. The van der Waals surface area contributed by atoms with E-state index in [1.807, 2.05) is 60.9 Å². The summed E-state index contributed by atoms with van der Waals surface area (Å²) in [4.78, 5) is 17.8. The molecule has 0 amide bonds. The molecule has 4 nitrogen and oxygen atoms in total. The Kier molecular flexibility index (Phi) is 4.80. The number of aromatic nitrogens is 4. The van der Waals surface area contributed by atoms with Gasteiger partial charge in [0, 0.05) is 35.9 Å². The lowest BCUT2D eigenvalue weighted by Crippen LogP contribution is -1.88. The molecule has 0 saturated carbocycles. The number of hydrogen-bond donors (Lipinski definition) is 0. The lowest BCUT2D eigenvalue weighted by atomic mass is 10.0. The van der Waals surface area contributed by atoms with Gasteiger partial charge in [0.15, 0.2) is 0 Å². The maximum atomic E-state index is 4.57. The quantitative estimate of drug-likeness (QED) is 0.384. The Labute approximate surface area is 175 Å². The molecular formula is C26H18N4. The second kappa shape index (κ2) is 8.05. The molecule has 0 unspecified atom stereocenters. The molecule has 1 aromatic carbocycles. The number of rotatable bonds is 4. The summed E-state index contributed by atoms with van der Waals surface area (Å²) in [5, 5.41) is 0. The monoisotopic (exact) mass is 386 g/mol. The molecule has 0 fully saturated rings. The molecule has 142 valence electrons. The fourth-order valence-electron chi connectivity index (χ4n) is 3.32. The highest BCUT2D eigenvalue weighted by molar-refractivity contribution is 5.71. The van der Waals surface area contributed by atoms with E-state index in [2.05, 4.69) is 56.3 Å². The van der Waals surface area contributed by atoms with Crippen molar-refractivity contribution in [2.45, 2.75) is 0 Å². The highest BCUT2D eigenvalue weighted by atomic mass is 14.8. The molecule has 4 aromatic heterocycles. The Hall–Kier alpha value is -4.18. The fraction of sp³-hybridized carbons (Fsp3) is 0. The van der Waals surface area contributed by atoms with E-state index in [0.29, 0.717) is 0 Å². The van der Waals surface area contributed by atoms with Crippen LogP contribution in [-0.2, 0) is 0 Å². The zero-order valence-corrected chi connectivity index (χ0v) is 16.2. The molecule has 30 heavy (non-hydrogen) atoms. The molecule has 5 rings (SSSR count). The van der Waals surface area contributed by atoms with Crippen molar-refractivity contribution >= 4 is 0 Å². The first-order valence-corrected chi connectivity index (χ1v) is 9.72. The third kappa shape index (κ3) is 3.71. The van der Waals surface area contributed by atoms with Gasteiger partial charge in [0.2, 0.25) is 0 Å². The molecule has 0 radical (unpaired) electrons. The summed E-state index contributed by atoms with van der Waals surface area (Å²) in [6, 6.07) is 28.3. The molecule has 4 heteroatoms. The summed E-state index contributed by atoms with van der Waals surface area (Å²) in [6.45, 7) is 0. The largest absolute Gasteiger partial charge is 0.255 e. The average molecular weight is 386 g/mol. The highest BCUT2D eigenvalue weighted by Crippen LogP contribution is 2.26. The first kappa shape index (κ1) is 17.9. The third-order valence-electron chi connectivity index (χ3n) is 4.93. The zero-order chi connectivity index (χ0) is 20.2. The second-order valence-electron chi connectivity index (χ2n) is 6.87. The molecule has 4 heterocycles. The van der Waals surface area contributed by atoms with Crippen molar-refractivity contribution in [2.24, 2.45) is 0 Å². The predicted octanol–water partition coefficient (Wildman–Crippen LogP) is 5.93. The average Bonchev–Trinajstić information content (AvgIpc) is 2.85. The first-order valence-electron chi connectivity index (χ1n) is 9.72. The van der Waals surface area contributed by atoms with Gasteiger partial charge in [-0.15, -0.1) is 0 Å². The molecule has 0 aliphatic carbocycles. The summed E-state index contributed by atoms with van der Waals surface area (Å²) in [6.07, 6.45) is 7.34. The summed E-state index contributed by atoms with van der Waals surface area (Å²) in [5.41, 5.74) is 7.88. The number of pyridine rings is 4. The van der Waals surface area contributed by atoms with E-state index in [9.17, 15) is 0 Å². The zero-order valence-electron chi connectivity index (χ0n) is 16.2. The van der Waals surface area contributed by atoms with Crippen molar-refractivity contribution in [3.63, 3.8) is 0 Å². The van der Waals surface area contributed by atoms with Crippen LogP contribution in [0.4, 0.5) is 0 Å².